The molecule has 0 saturated heterocycles. The SMILES string of the molecule is Cc1c(Cl)ccc(S(=O)(=O)NCC(N)=O)c1Cl. The van der Waals surface area contributed by atoms with E-state index in [-0.39, 0.29) is 9.92 Å². The van der Waals surface area contributed by atoms with Gasteiger partial charge in [-0.3, -0.25) is 4.79 Å². The van der Waals surface area contributed by atoms with Crippen LogP contribution in [0.3, 0.4) is 0 Å². The minimum absolute atomic E-state index is 0.0227. The number of hydrogen-bond donors (Lipinski definition) is 2. The lowest BCUT2D eigenvalue weighted by molar-refractivity contribution is -0.116. The van der Waals surface area contributed by atoms with Crippen LogP contribution in [0.2, 0.25) is 10.0 Å². The number of benzene rings is 1. The Kier molecular flexibility index (Phi) is 4.37. The standard InChI is InChI=1S/C9H10Cl2N2O3S/c1-5-6(10)2-3-7(9(5)11)17(15,16)13-4-8(12)14/h2-3,13H,4H2,1H3,(H2,12,14). The molecule has 3 N–H and O–H groups in total. The summed E-state index contributed by atoms with van der Waals surface area (Å²) >= 11 is 11.7. The second-order valence-corrected chi connectivity index (χ2v) is 5.80. The topological polar surface area (TPSA) is 89.3 Å². The number of hydrogen-bond acceptors (Lipinski definition) is 3. The van der Waals surface area contributed by atoms with Crippen LogP contribution in [-0.2, 0) is 14.8 Å². The smallest absolute Gasteiger partial charge is 0.242 e. The molecule has 0 spiro atoms. The van der Waals surface area contributed by atoms with E-state index in [4.69, 9.17) is 28.9 Å². The van der Waals surface area contributed by atoms with Crippen LogP contribution in [0, 0.1) is 6.92 Å². The van der Waals surface area contributed by atoms with Gasteiger partial charge >= 0.3 is 0 Å². The van der Waals surface area contributed by atoms with Crippen LogP contribution in [0.5, 0.6) is 0 Å². The zero-order valence-corrected chi connectivity index (χ0v) is 11.2. The van der Waals surface area contributed by atoms with Gasteiger partial charge in [0.15, 0.2) is 0 Å². The normalized spacial score (nSPS) is 11.5. The molecule has 0 fully saturated rings. The molecule has 0 atom stereocenters. The molecule has 0 aliphatic heterocycles. The summed E-state index contributed by atoms with van der Waals surface area (Å²) in [5.41, 5.74) is 5.30. The average Bonchev–Trinajstić information content (AvgIpc) is 2.23. The summed E-state index contributed by atoms with van der Waals surface area (Å²) < 4.78 is 25.6. The molecule has 0 saturated carbocycles. The molecule has 8 heteroatoms. The summed E-state index contributed by atoms with van der Waals surface area (Å²) in [6.07, 6.45) is 0. The van der Waals surface area contributed by atoms with Gasteiger partial charge in [-0.2, -0.15) is 0 Å². The summed E-state index contributed by atoms with van der Waals surface area (Å²) in [6, 6.07) is 2.68. The van der Waals surface area contributed by atoms with Crippen LogP contribution in [-0.4, -0.2) is 20.9 Å². The average molecular weight is 297 g/mol. The molecule has 0 aromatic heterocycles. The zero-order valence-electron chi connectivity index (χ0n) is 8.83. The van der Waals surface area contributed by atoms with Gasteiger partial charge in [0, 0.05) is 5.02 Å². The second kappa shape index (κ2) is 5.22. The molecule has 0 aliphatic rings. The van der Waals surface area contributed by atoms with Crippen molar-refractivity contribution in [2.24, 2.45) is 5.73 Å². The fraction of sp³-hybridized carbons (Fsp3) is 0.222. The Morgan fingerprint density at radius 3 is 2.53 bits per heavy atom. The van der Waals surface area contributed by atoms with Crippen LogP contribution in [0.4, 0.5) is 0 Å². The van der Waals surface area contributed by atoms with Crippen molar-refractivity contribution in [1.29, 1.82) is 0 Å². The molecule has 94 valence electrons. The quantitative estimate of drug-likeness (QED) is 0.871. The largest absolute Gasteiger partial charge is 0.369 e. The molecule has 1 rings (SSSR count). The molecule has 1 amide bonds. The Balaban J connectivity index is 3.16. The predicted molar refractivity (Wildman–Crippen MR) is 65.6 cm³/mol. The van der Waals surface area contributed by atoms with Crippen LogP contribution in [0.15, 0.2) is 17.0 Å². The Hall–Kier alpha value is -0.820. The first-order chi connectivity index (χ1) is 7.75. The third-order valence-corrected chi connectivity index (χ3v) is 4.46. The molecule has 1 aromatic rings. The summed E-state index contributed by atoms with van der Waals surface area (Å²) in [4.78, 5) is 10.4. The fourth-order valence-corrected chi connectivity index (χ4v) is 2.89. The van der Waals surface area contributed by atoms with Gasteiger partial charge in [0.1, 0.15) is 4.90 Å². The van der Waals surface area contributed by atoms with Gasteiger partial charge in [0.2, 0.25) is 15.9 Å². The maximum atomic E-state index is 11.8. The van der Waals surface area contributed by atoms with Gasteiger partial charge in [-0.15, -0.1) is 0 Å². The lowest BCUT2D eigenvalue weighted by atomic mass is 10.2. The Bertz CT molecular complexity index is 558. The second-order valence-electron chi connectivity index (χ2n) is 3.28. The molecular formula is C9H10Cl2N2O3S. The van der Waals surface area contributed by atoms with Crippen molar-refractivity contribution >= 4 is 39.1 Å². The Labute approximate surface area is 109 Å². The highest BCUT2D eigenvalue weighted by molar-refractivity contribution is 7.89. The highest BCUT2D eigenvalue weighted by Crippen LogP contribution is 2.29. The van der Waals surface area contributed by atoms with Crippen LogP contribution in [0.1, 0.15) is 5.56 Å². The Morgan fingerprint density at radius 2 is 2.00 bits per heavy atom. The van der Waals surface area contributed by atoms with Crippen molar-refractivity contribution in [3.05, 3.63) is 27.7 Å². The molecule has 0 unspecified atom stereocenters. The van der Waals surface area contributed by atoms with Gasteiger partial charge < -0.3 is 5.73 Å². The van der Waals surface area contributed by atoms with E-state index >= 15 is 0 Å². The van der Waals surface area contributed by atoms with Gasteiger partial charge in [0.25, 0.3) is 0 Å². The van der Waals surface area contributed by atoms with Gasteiger partial charge in [-0.25, -0.2) is 13.1 Å². The lowest BCUT2D eigenvalue weighted by Crippen LogP contribution is -2.33. The van der Waals surface area contributed by atoms with Gasteiger partial charge in [0.05, 0.1) is 11.6 Å². The zero-order chi connectivity index (χ0) is 13.2. The van der Waals surface area contributed by atoms with E-state index in [1.807, 2.05) is 4.72 Å². The number of carbonyl (C=O) groups is 1. The van der Waals surface area contributed by atoms with Crippen LogP contribution < -0.4 is 10.5 Å². The van der Waals surface area contributed by atoms with E-state index in [9.17, 15) is 13.2 Å². The highest BCUT2D eigenvalue weighted by atomic mass is 35.5. The number of sulfonamides is 1. The Morgan fingerprint density at radius 1 is 1.41 bits per heavy atom. The van der Waals surface area contributed by atoms with Crippen molar-refractivity contribution in [3.8, 4) is 0 Å². The molecule has 0 radical (unpaired) electrons. The van der Waals surface area contributed by atoms with E-state index in [0.29, 0.717) is 10.6 Å². The summed E-state index contributed by atoms with van der Waals surface area (Å²) in [7, 11) is -3.87. The molecule has 0 bridgehead atoms. The maximum absolute atomic E-state index is 11.8. The fourth-order valence-electron chi connectivity index (χ4n) is 1.09. The molecule has 1 aromatic carbocycles. The van der Waals surface area contributed by atoms with Crippen LogP contribution in [0.25, 0.3) is 0 Å². The third-order valence-electron chi connectivity index (χ3n) is 2.01. The minimum atomic E-state index is -3.87. The van der Waals surface area contributed by atoms with E-state index < -0.39 is 22.5 Å². The number of amides is 1. The number of carbonyl (C=O) groups excluding carboxylic acids is 1. The van der Waals surface area contributed by atoms with Crippen molar-refractivity contribution in [1.82, 2.24) is 4.72 Å². The molecule has 0 heterocycles. The van der Waals surface area contributed by atoms with E-state index in [1.165, 1.54) is 12.1 Å². The number of nitrogens with two attached hydrogens (primary N) is 1. The van der Waals surface area contributed by atoms with E-state index in [1.54, 1.807) is 6.92 Å². The van der Waals surface area contributed by atoms with E-state index in [2.05, 4.69) is 0 Å². The number of halogens is 2. The number of primary amides is 1. The predicted octanol–water partition coefficient (Wildman–Crippen LogP) is 1.07. The van der Waals surface area contributed by atoms with E-state index in [0.717, 1.165) is 0 Å². The number of nitrogens with one attached hydrogen (secondary N) is 1. The van der Waals surface area contributed by atoms with Gasteiger partial charge in [-0.1, -0.05) is 23.2 Å². The molecule has 17 heavy (non-hydrogen) atoms. The lowest BCUT2D eigenvalue weighted by Gasteiger charge is -2.09. The van der Waals surface area contributed by atoms with Crippen molar-refractivity contribution in [2.75, 3.05) is 6.54 Å². The first-order valence-electron chi connectivity index (χ1n) is 4.48. The minimum Gasteiger partial charge on any atom is -0.369 e. The first-order valence-corrected chi connectivity index (χ1v) is 6.72. The maximum Gasteiger partial charge on any atom is 0.242 e. The van der Waals surface area contributed by atoms with Crippen molar-refractivity contribution in [2.45, 2.75) is 11.8 Å². The molecule has 0 aliphatic carbocycles. The summed E-state index contributed by atoms with van der Waals surface area (Å²) in [5, 5.41) is 0.387. The number of rotatable bonds is 4. The monoisotopic (exact) mass is 296 g/mol. The first kappa shape index (κ1) is 14.2. The highest BCUT2D eigenvalue weighted by Gasteiger charge is 2.20. The summed E-state index contributed by atoms with van der Waals surface area (Å²) in [6.45, 7) is 1.11. The van der Waals surface area contributed by atoms with Crippen LogP contribution >= 0.6 is 23.2 Å². The molecular weight excluding hydrogens is 287 g/mol. The summed E-state index contributed by atoms with van der Waals surface area (Å²) in [5.74, 6) is -0.782. The van der Waals surface area contributed by atoms with Gasteiger partial charge in [-0.05, 0) is 24.6 Å². The third kappa shape index (κ3) is 3.32. The van der Waals surface area contributed by atoms with Crippen molar-refractivity contribution < 1.29 is 13.2 Å². The molecule has 5 nitrogen and oxygen atoms in total. The van der Waals surface area contributed by atoms with Crippen molar-refractivity contribution in [3.63, 3.8) is 0 Å².